The second-order valence-electron chi connectivity index (χ2n) is 5.32. The average molecular weight is 229 g/mol. The third-order valence-electron chi connectivity index (χ3n) is 2.84. The van der Waals surface area contributed by atoms with Gasteiger partial charge in [-0.1, -0.05) is 13.8 Å². The Kier molecular flexibility index (Phi) is 6.32. The largest absolute Gasteiger partial charge is 0.377 e. The van der Waals surface area contributed by atoms with Gasteiger partial charge in [0.05, 0.1) is 24.9 Å². The van der Waals surface area contributed by atoms with E-state index in [1.807, 2.05) is 0 Å². The molecule has 0 spiro atoms. The highest BCUT2D eigenvalue weighted by Crippen LogP contribution is 2.21. The number of hydrogen-bond acceptors (Lipinski definition) is 3. The molecule has 0 saturated carbocycles. The van der Waals surface area contributed by atoms with Crippen molar-refractivity contribution >= 4 is 0 Å². The Balaban J connectivity index is 2.04. The SMILES string of the molecule is CC(C)CNCCOC1CC(C)OC(C)C1. The van der Waals surface area contributed by atoms with Gasteiger partial charge < -0.3 is 14.8 Å². The molecule has 3 heteroatoms. The lowest BCUT2D eigenvalue weighted by atomic mass is 10.0. The van der Waals surface area contributed by atoms with Crippen molar-refractivity contribution in [1.29, 1.82) is 0 Å². The molecule has 2 unspecified atom stereocenters. The lowest BCUT2D eigenvalue weighted by Crippen LogP contribution is -2.35. The zero-order valence-electron chi connectivity index (χ0n) is 11.2. The van der Waals surface area contributed by atoms with Gasteiger partial charge in [-0.15, -0.1) is 0 Å². The second kappa shape index (κ2) is 7.25. The van der Waals surface area contributed by atoms with Crippen LogP contribution in [0.5, 0.6) is 0 Å². The molecule has 3 nitrogen and oxygen atoms in total. The standard InChI is InChI=1S/C13H27NO2/c1-10(2)9-14-5-6-15-13-7-11(3)16-12(4)8-13/h10-14H,5-9H2,1-4H3. The fraction of sp³-hybridized carbons (Fsp3) is 1.00. The summed E-state index contributed by atoms with van der Waals surface area (Å²) in [7, 11) is 0. The predicted octanol–water partition coefficient (Wildman–Crippen LogP) is 2.20. The van der Waals surface area contributed by atoms with Gasteiger partial charge in [-0.3, -0.25) is 0 Å². The molecule has 0 aromatic carbocycles. The van der Waals surface area contributed by atoms with Crippen LogP contribution in [0.15, 0.2) is 0 Å². The molecule has 1 saturated heterocycles. The summed E-state index contributed by atoms with van der Waals surface area (Å²) in [5.74, 6) is 0.711. The van der Waals surface area contributed by atoms with Crippen molar-refractivity contribution < 1.29 is 9.47 Å². The maximum absolute atomic E-state index is 5.86. The van der Waals surface area contributed by atoms with E-state index >= 15 is 0 Å². The molecule has 96 valence electrons. The number of hydrogen-bond donors (Lipinski definition) is 1. The first-order chi connectivity index (χ1) is 7.58. The van der Waals surface area contributed by atoms with Gasteiger partial charge in [-0.25, -0.2) is 0 Å². The first-order valence-corrected chi connectivity index (χ1v) is 6.55. The highest BCUT2D eigenvalue weighted by atomic mass is 16.5. The fourth-order valence-electron chi connectivity index (χ4n) is 2.17. The quantitative estimate of drug-likeness (QED) is 0.708. The summed E-state index contributed by atoms with van der Waals surface area (Å²) in [5.41, 5.74) is 0. The van der Waals surface area contributed by atoms with Crippen LogP contribution in [-0.4, -0.2) is 38.0 Å². The molecule has 0 aromatic heterocycles. The van der Waals surface area contributed by atoms with Gasteiger partial charge in [0.1, 0.15) is 0 Å². The molecule has 1 aliphatic rings. The molecular weight excluding hydrogens is 202 g/mol. The van der Waals surface area contributed by atoms with Crippen LogP contribution in [0, 0.1) is 5.92 Å². The summed E-state index contributed by atoms with van der Waals surface area (Å²) in [5, 5.41) is 3.39. The smallest absolute Gasteiger partial charge is 0.0625 e. The molecule has 2 atom stereocenters. The van der Waals surface area contributed by atoms with E-state index in [0.717, 1.165) is 32.5 Å². The zero-order valence-corrected chi connectivity index (χ0v) is 11.2. The first-order valence-electron chi connectivity index (χ1n) is 6.55. The Hall–Kier alpha value is -0.120. The van der Waals surface area contributed by atoms with Gasteiger partial charge in [-0.05, 0) is 39.2 Å². The Labute approximate surface area is 99.9 Å². The Morgan fingerprint density at radius 3 is 2.44 bits per heavy atom. The minimum Gasteiger partial charge on any atom is -0.377 e. The Morgan fingerprint density at radius 1 is 1.25 bits per heavy atom. The molecule has 1 aliphatic heterocycles. The van der Waals surface area contributed by atoms with Crippen LogP contribution in [0.2, 0.25) is 0 Å². The van der Waals surface area contributed by atoms with Crippen molar-refractivity contribution in [2.75, 3.05) is 19.7 Å². The highest BCUT2D eigenvalue weighted by molar-refractivity contribution is 4.73. The van der Waals surface area contributed by atoms with Crippen molar-refractivity contribution in [3.05, 3.63) is 0 Å². The van der Waals surface area contributed by atoms with Gasteiger partial charge in [0.15, 0.2) is 0 Å². The second-order valence-corrected chi connectivity index (χ2v) is 5.32. The molecule has 0 amide bonds. The maximum atomic E-state index is 5.86. The molecular formula is C13H27NO2. The molecule has 16 heavy (non-hydrogen) atoms. The van der Waals surface area contributed by atoms with Gasteiger partial charge in [0, 0.05) is 6.54 Å². The molecule has 0 bridgehead atoms. The van der Waals surface area contributed by atoms with Crippen molar-refractivity contribution in [2.45, 2.75) is 58.8 Å². The summed E-state index contributed by atoms with van der Waals surface area (Å²) in [4.78, 5) is 0. The van der Waals surface area contributed by atoms with Gasteiger partial charge in [0.2, 0.25) is 0 Å². The highest BCUT2D eigenvalue weighted by Gasteiger charge is 2.24. The fourth-order valence-corrected chi connectivity index (χ4v) is 2.17. The van der Waals surface area contributed by atoms with E-state index in [1.165, 1.54) is 0 Å². The van der Waals surface area contributed by atoms with Crippen molar-refractivity contribution in [3.8, 4) is 0 Å². The molecule has 0 aliphatic carbocycles. The summed E-state index contributed by atoms with van der Waals surface area (Å²) < 4.78 is 11.5. The summed E-state index contributed by atoms with van der Waals surface area (Å²) in [6.45, 7) is 11.5. The third-order valence-corrected chi connectivity index (χ3v) is 2.84. The molecule has 1 fully saturated rings. The molecule has 0 radical (unpaired) electrons. The van der Waals surface area contributed by atoms with Crippen LogP contribution in [0.4, 0.5) is 0 Å². The van der Waals surface area contributed by atoms with Crippen LogP contribution in [0.3, 0.4) is 0 Å². The lowest BCUT2D eigenvalue weighted by Gasteiger charge is -2.32. The Bertz CT molecular complexity index is 175. The molecule has 1 heterocycles. The summed E-state index contributed by atoms with van der Waals surface area (Å²) in [6, 6.07) is 0. The lowest BCUT2D eigenvalue weighted by molar-refractivity contribution is -0.101. The Morgan fingerprint density at radius 2 is 1.88 bits per heavy atom. The van der Waals surface area contributed by atoms with Crippen molar-refractivity contribution in [2.24, 2.45) is 5.92 Å². The van der Waals surface area contributed by atoms with Gasteiger partial charge in [0.25, 0.3) is 0 Å². The molecule has 0 aromatic rings. The topological polar surface area (TPSA) is 30.5 Å². The monoisotopic (exact) mass is 229 g/mol. The molecule has 1 rings (SSSR count). The first kappa shape index (κ1) is 13.9. The van der Waals surface area contributed by atoms with E-state index in [2.05, 4.69) is 33.0 Å². The van der Waals surface area contributed by atoms with Gasteiger partial charge >= 0.3 is 0 Å². The van der Waals surface area contributed by atoms with E-state index in [9.17, 15) is 0 Å². The maximum Gasteiger partial charge on any atom is 0.0625 e. The van der Waals surface area contributed by atoms with Crippen LogP contribution in [-0.2, 0) is 9.47 Å². The minimum absolute atomic E-state index is 0.345. The zero-order chi connectivity index (χ0) is 12.0. The van der Waals surface area contributed by atoms with Crippen LogP contribution in [0.25, 0.3) is 0 Å². The van der Waals surface area contributed by atoms with E-state index in [1.54, 1.807) is 0 Å². The van der Waals surface area contributed by atoms with Crippen LogP contribution < -0.4 is 5.32 Å². The van der Waals surface area contributed by atoms with Crippen molar-refractivity contribution in [1.82, 2.24) is 5.32 Å². The van der Waals surface area contributed by atoms with E-state index in [4.69, 9.17) is 9.47 Å². The van der Waals surface area contributed by atoms with E-state index in [0.29, 0.717) is 24.2 Å². The third kappa shape index (κ3) is 5.83. The van der Waals surface area contributed by atoms with Crippen LogP contribution in [0.1, 0.15) is 40.5 Å². The normalized spacial score (nSPS) is 30.9. The number of ether oxygens (including phenoxy) is 2. The predicted molar refractivity (Wildman–Crippen MR) is 66.7 cm³/mol. The van der Waals surface area contributed by atoms with Crippen LogP contribution >= 0.6 is 0 Å². The summed E-state index contributed by atoms with van der Waals surface area (Å²) >= 11 is 0. The van der Waals surface area contributed by atoms with Crippen molar-refractivity contribution in [3.63, 3.8) is 0 Å². The van der Waals surface area contributed by atoms with E-state index < -0.39 is 0 Å². The molecule has 1 N–H and O–H groups in total. The minimum atomic E-state index is 0.345. The van der Waals surface area contributed by atoms with Gasteiger partial charge in [-0.2, -0.15) is 0 Å². The summed E-state index contributed by atoms with van der Waals surface area (Å²) in [6.07, 6.45) is 3.15. The number of nitrogens with one attached hydrogen (secondary N) is 1. The van der Waals surface area contributed by atoms with E-state index in [-0.39, 0.29) is 0 Å². The number of rotatable bonds is 6. The average Bonchev–Trinajstić information content (AvgIpc) is 2.15.